The van der Waals surface area contributed by atoms with E-state index >= 15 is 0 Å². The van der Waals surface area contributed by atoms with E-state index in [4.69, 9.17) is 16.3 Å². The van der Waals surface area contributed by atoms with Crippen molar-refractivity contribution in [2.75, 3.05) is 25.6 Å². The van der Waals surface area contributed by atoms with Gasteiger partial charge in [0.1, 0.15) is 0 Å². The summed E-state index contributed by atoms with van der Waals surface area (Å²) in [6, 6.07) is 13.5. The zero-order chi connectivity index (χ0) is 17.4. The Morgan fingerprint density at radius 3 is 2.62 bits per heavy atom. The van der Waals surface area contributed by atoms with Crippen molar-refractivity contribution in [3.63, 3.8) is 0 Å². The van der Waals surface area contributed by atoms with Crippen LogP contribution >= 0.6 is 11.6 Å². The number of rotatable bonds is 7. The van der Waals surface area contributed by atoms with Crippen LogP contribution in [-0.4, -0.2) is 32.1 Å². The molecule has 0 spiro atoms. The van der Waals surface area contributed by atoms with E-state index in [9.17, 15) is 9.59 Å². The third kappa shape index (κ3) is 5.08. The summed E-state index contributed by atoms with van der Waals surface area (Å²) in [6.07, 6.45) is 0.741. The van der Waals surface area contributed by atoms with Crippen LogP contribution in [0.3, 0.4) is 0 Å². The molecule has 0 aliphatic heterocycles. The standard InChI is InChI=1S/C18H19ClN2O3/c1-24-11-5-10-20-17(22)13-6-4-7-14(12-13)21-18(23)15-8-2-3-9-16(15)19/h2-4,6-9,12H,5,10-11H2,1H3,(H,20,22)(H,21,23). The molecule has 0 saturated carbocycles. The van der Waals surface area contributed by atoms with Gasteiger partial charge in [0.2, 0.25) is 0 Å². The Hall–Kier alpha value is -2.37. The maximum Gasteiger partial charge on any atom is 0.257 e. The molecule has 2 rings (SSSR count). The van der Waals surface area contributed by atoms with E-state index in [0.717, 1.165) is 6.42 Å². The summed E-state index contributed by atoms with van der Waals surface area (Å²) in [4.78, 5) is 24.3. The van der Waals surface area contributed by atoms with Gasteiger partial charge in [0.15, 0.2) is 0 Å². The van der Waals surface area contributed by atoms with Crippen LogP contribution in [0.2, 0.25) is 5.02 Å². The Balaban J connectivity index is 2.01. The lowest BCUT2D eigenvalue weighted by atomic mass is 10.1. The van der Waals surface area contributed by atoms with Crippen LogP contribution in [-0.2, 0) is 4.74 Å². The monoisotopic (exact) mass is 346 g/mol. The number of methoxy groups -OCH3 is 1. The number of hydrogen-bond acceptors (Lipinski definition) is 3. The van der Waals surface area contributed by atoms with Crippen molar-refractivity contribution in [2.24, 2.45) is 0 Å². The van der Waals surface area contributed by atoms with Gasteiger partial charge in [0, 0.05) is 31.5 Å². The van der Waals surface area contributed by atoms with Gasteiger partial charge in [-0.3, -0.25) is 9.59 Å². The number of amides is 2. The number of anilines is 1. The van der Waals surface area contributed by atoms with Gasteiger partial charge in [-0.05, 0) is 36.8 Å². The Bertz CT molecular complexity index is 719. The fourth-order valence-corrected chi connectivity index (χ4v) is 2.32. The Labute approximate surface area is 146 Å². The Morgan fingerprint density at radius 1 is 1.08 bits per heavy atom. The van der Waals surface area contributed by atoms with Crippen molar-refractivity contribution in [1.82, 2.24) is 5.32 Å². The predicted molar refractivity (Wildman–Crippen MR) is 94.7 cm³/mol. The molecule has 0 atom stereocenters. The molecule has 2 aromatic carbocycles. The predicted octanol–water partition coefficient (Wildman–Crippen LogP) is 3.36. The number of carbonyl (C=O) groups excluding carboxylic acids is 2. The van der Waals surface area contributed by atoms with Crippen LogP contribution in [0.25, 0.3) is 0 Å². The highest BCUT2D eigenvalue weighted by molar-refractivity contribution is 6.34. The van der Waals surface area contributed by atoms with Crippen LogP contribution in [0.5, 0.6) is 0 Å². The average Bonchev–Trinajstić information content (AvgIpc) is 2.59. The molecule has 2 N–H and O–H groups in total. The molecule has 0 unspecified atom stereocenters. The van der Waals surface area contributed by atoms with Gasteiger partial charge in [-0.25, -0.2) is 0 Å². The highest BCUT2D eigenvalue weighted by Gasteiger charge is 2.11. The molecular formula is C18H19ClN2O3. The molecule has 24 heavy (non-hydrogen) atoms. The quantitative estimate of drug-likeness (QED) is 0.755. The summed E-state index contributed by atoms with van der Waals surface area (Å²) < 4.78 is 4.93. The minimum absolute atomic E-state index is 0.194. The zero-order valence-corrected chi connectivity index (χ0v) is 14.1. The van der Waals surface area contributed by atoms with Crippen molar-refractivity contribution >= 4 is 29.1 Å². The highest BCUT2D eigenvalue weighted by atomic mass is 35.5. The lowest BCUT2D eigenvalue weighted by Crippen LogP contribution is -2.25. The second kappa shape index (κ2) is 9.05. The van der Waals surface area contributed by atoms with Crippen LogP contribution in [0.4, 0.5) is 5.69 Å². The third-order valence-corrected chi connectivity index (χ3v) is 3.64. The summed E-state index contributed by atoms with van der Waals surface area (Å²) >= 11 is 6.01. The second-order valence-corrected chi connectivity index (χ2v) is 5.52. The topological polar surface area (TPSA) is 67.4 Å². The van der Waals surface area contributed by atoms with E-state index in [1.54, 1.807) is 55.6 Å². The SMILES string of the molecule is COCCCNC(=O)c1cccc(NC(=O)c2ccccc2Cl)c1. The molecule has 0 bridgehead atoms. The number of benzene rings is 2. The molecule has 0 saturated heterocycles. The molecule has 0 aliphatic rings. The van der Waals surface area contributed by atoms with Gasteiger partial charge in [0.25, 0.3) is 11.8 Å². The largest absolute Gasteiger partial charge is 0.385 e. The molecule has 0 fully saturated rings. The summed E-state index contributed by atoms with van der Waals surface area (Å²) in [5.41, 5.74) is 1.39. The molecule has 0 radical (unpaired) electrons. The van der Waals surface area contributed by atoms with E-state index in [1.807, 2.05) is 0 Å². The minimum atomic E-state index is -0.321. The number of hydrogen-bond donors (Lipinski definition) is 2. The van der Waals surface area contributed by atoms with Crippen LogP contribution in [0.1, 0.15) is 27.1 Å². The molecule has 2 amide bonds. The number of halogens is 1. The smallest absolute Gasteiger partial charge is 0.257 e. The molecular weight excluding hydrogens is 328 g/mol. The number of nitrogens with one attached hydrogen (secondary N) is 2. The van der Waals surface area contributed by atoms with E-state index in [-0.39, 0.29) is 11.8 Å². The maximum atomic E-state index is 12.3. The second-order valence-electron chi connectivity index (χ2n) is 5.12. The highest BCUT2D eigenvalue weighted by Crippen LogP contribution is 2.18. The number of ether oxygens (including phenoxy) is 1. The van der Waals surface area contributed by atoms with Gasteiger partial charge in [-0.15, -0.1) is 0 Å². The molecule has 126 valence electrons. The maximum absolute atomic E-state index is 12.3. The van der Waals surface area contributed by atoms with Gasteiger partial charge >= 0.3 is 0 Å². The first kappa shape index (κ1) is 18.0. The normalized spacial score (nSPS) is 10.2. The van der Waals surface area contributed by atoms with Gasteiger partial charge in [0.05, 0.1) is 10.6 Å². The van der Waals surface area contributed by atoms with Crippen LogP contribution in [0.15, 0.2) is 48.5 Å². The Morgan fingerprint density at radius 2 is 1.88 bits per heavy atom. The third-order valence-electron chi connectivity index (χ3n) is 3.31. The molecule has 2 aromatic rings. The minimum Gasteiger partial charge on any atom is -0.385 e. The Kier molecular flexibility index (Phi) is 6.78. The zero-order valence-electron chi connectivity index (χ0n) is 13.3. The van der Waals surface area contributed by atoms with Crippen molar-refractivity contribution < 1.29 is 14.3 Å². The van der Waals surface area contributed by atoms with Crippen molar-refractivity contribution in [3.8, 4) is 0 Å². The van der Waals surface area contributed by atoms with Gasteiger partial charge in [-0.1, -0.05) is 29.8 Å². The molecule has 0 aromatic heterocycles. The van der Waals surface area contributed by atoms with E-state index in [1.165, 1.54) is 0 Å². The van der Waals surface area contributed by atoms with Crippen LogP contribution < -0.4 is 10.6 Å². The first-order chi connectivity index (χ1) is 11.6. The first-order valence-electron chi connectivity index (χ1n) is 7.55. The lowest BCUT2D eigenvalue weighted by molar-refractivity contribution is 0.0947. The molecule has 0 heterocycles. The van der Waals surface area contributed by atoms with Crippen molar-refractivity contribution in [2.45, 2.75) is 6.42 Å². The van der Waals surface area contributed by atoms with E-state index < -0.39 is 0 Å². The lowest BCUT2D eigenvalue weighted by Gasteiger charge is -2.09. The van der Waals surface area contributed by atoms with Gasteiger partial charge < -0.3 is 15.4 Å². The summed E-state index contributed by atoms with van der Waals surface area (Å²) in [5, 5.41) is 5.93. The fourth-order valence-electron chi connectivity index (χ4n) is 2.10. The molecule has 0 aliphatic carbocycles. The van der Waals surface area contributed by atoms with E-state index in [0.29, 0.717) is 35.0 Å². The van der Waals surface area contributed by atoms with Crippen molar-refractivity contribution in [3.05, 3.63) is 64.7 Å². The first-order valence-corrected chi connectivity index (χ1v) is 7.92. The molecule has 5 nitrogen and oxygen atoms in total. The van der Waals surface area contributed by atoms with Gasteiger partial charge in [-0.2, -0.15) is 0 Å². The summed E-state index contributed by atoms with van der Waals surface area (Å²) in [7, 11) is 1.62. The summed E-state index contributed by atoms with van der Waals surface area (Å²) in [6.45, 7) is 1.12. The van der Waals surface area contributed by atoms with Crippen LogP contribution in [0, 0.1) is 0 Å². The molecule has 6 heteroatoms. The fraction of sp³-hybridized carbons (Fsp3) is 0.222. The van der Waals surface area contributed by atoms with E-state index in [2.05, 4.69) is 10.6 Å². The average molecular weight is 347 g/mol. The summed E-state index contributed by atoms with van der Waals surface area (Å²) in [5.74, 6) is -0.516. The number of carbonyl (C=O) groups is 2. The van der Waals surface area contributed by atoms with Crippen molar-refractivity contribution in [1.29, 1.82) is 0 Å².